The fourth-order valence-electron chi connectivity index (χ4n) is 7.34. The van der Waals surface area contributed by atoms with E-state index in [1.165, 1.54) is 6.08 Å². The summed E-state index contributed by atoms with van der Waals surface area (Å²) in [6.07, 6.45) is 1.19. The van der Waals surface area contributed by atoms with Crippen molar-refractivity contribution in [3.8, 4) is 0 Å². The molecule has 3 fully saturated rings. The van der Waals surface area contributed by atoms with Gasteiger partial charge in [0.15, 0.2) is 5.78 Å². The smallest absolute Gasteiger partial charge is 0.295 e. The third-order valence-electron chi connectivity index (χ3n) is 8.71. The maximum absolute atomic E-state index is 14.6. The summed E-state index contributed by atoms with van der Waals surface area (Å²) in [4.78, 5) is 12.1. The number of ketones is 1. The molecule has 0 radical (unpaired) electrons. The molecule has 0 aromatic heterocycles. The zero-order valence-corrected chi connectivity index (χ0v) is 15.8. The van der Waals surface area contributed by atoms with E-state index in [9.17, 15) is 26.7 Å². The Bertz CT molecular complexity index is 681. The van der Waals surface area contributed by atoms with Crippen LogP contribution in [-0.2, 0) is 4.79 Å². The van der Waals surface area contributed by atoms with Crippen molar-refractivity contribution < 1.29 is 26.7 Å². The third-order valence-corrected chi connectivity index (χ3v) is 8.71. The highest BCUT2D eigenvalue weighted by atomic mass is 19.4. The Morgan fingerprint density at radius 2 is 1.70 bits per heavy atom. The Morgan fingerprint density at radius 1 is 1.00 bits per heavy atom. The van der Waals surface area contributed by atoms with E-state index < -0.39 is 35.6 Å². The van der Waals surface area contributed by atoms with Gasteiger partial charge in [-0.2, -0.15) is 22.0 Å². The van der Waals surface area contributed by atoms with Gasteiger partial charge in [-0.25, -0.2) is 0 Å². The fourth-order valence-corrected chi connectivity index (χ4v) is 7.34. The van der Waals surface area contributed by atoms with Crippen LogP contribution in [0.5, 0.6) is 0 Å². The highest BCUT2D eigenvalue weighted by Gasteiger charge is 2.70. The van der Waals surface area contributed by atoms with Crippen LogP contribution in [0.3, 0.4) is 0 Å². The average Bonchev–Trinajstić information content (AvgIpc) is 2.95. The molecule has 4 rings (SSSR count). The zero-order chi connectivity index (χ0) is 19.8. The minimum atomic E-state index is -5.63. The van der Waals surface area contributed by atoms with Crippen LogP contribution in [0.4, 0.5) is 22.0 Å². The largest absolute Gasteiger partial charge is 0.453 e. The summed E-state index contributed by atoms with van der Waals surface area (Å²) in [7, 11) is 0. The summed E-state index contributed by atoms with van der Waals surface area (Å²) in [5.74, 6) is -7.03. The van der Waals surface area contributed by atoms with Gasteiger partial charge in [0.05, 0.1) is 0 Å². The molecule has 4 aliphatic rings. The van der Waals surface area contributed by atoms with Crippen molar-refractivity contribution in [2.75, 3.05) is 0 Å². The Kier molecular flexibility index (Phi) is 4.16. The van der Waals surface area contributed by atoms with Crippen LogP contribution in [0.25, 0.3) is 0 Å². The molecule has 27 heavy (non-hydrogen) atoms. The van der Waals surface area contributed by atoms with Gasteiger partial charge < -0.3 is 0 Å². The summed E-state index contributed by atoms with van der Waals surface area (Å²) >= 11 is 0. The quantitative estimate of drug-likeness (QED) is 0.478. The second-order valence-corrected chi connectivity index (χ2v) is 9.80. The lowest BCUT2D eigenvalue weighted by molar-refractivity contribution is -0.319. The molecular formula is C21H27F5O. The van der Waals surface area contributed by atoms with Crippen molar-refractivity contribution in [1.29, 1.82) is 0 Å². The maximum atomic E-state index is 14.6. The van der Waals surface area contributed by atoms with E-state index >= 15 is 0 Å². The first-order chi connectivity index (χ1) is 12.4. The molecule has 0 amide bonds. The molecule has 6 atom stereocenters. The van der Waals surface area contributed by atoms with Crippen molar-refractivity contribution in [3.63, 3.8) is 0 Å². The van der Waals surface area contributed by atoms with Crippen LogP contribution in [0.1, 0.15) is 65.2 Å². The molecule has 0 spiro atoms. The second kappa shape index (κ2) is 5.79. The number of rotatable bonds is 1. The summed E-state index contributed by atoms with van der Waals surface area (Å²) in [6, 6.07) is 0. The van der Waals surface area contributed by atoms with Gasteiger partial charge in [-0.3, -0.25) is 4.79 Å². The lowest BCUT2D eigenvalue weighted by atomic mass is 9.44. The van der Waals surface area contributed by atoms with Gasteiger partial charge in [0.2, 0.25) is 0 Å². The summed E-state index contributed by atoms with van der Waals surface area (Å²) in [6.45, 7) is 3.87. The molecule has 0 saturated heterocycles. The standard InChI is InChI=1S/C21H27F5O/c1-18-8-3-4-15(18)14-6-5-12-10-13(27)11-17(20(22,23)21(24,25)26)19(12,2)16(14)7-9-18/h10,14-17H,3-9,11H2,1-2H3/t14-,15-,16-,17?,18-,19-/m0/s1. The molecule has 0 heterocycles. The van der Waals surface area contributed by atoms with Gasteiger partial charge in [0, 0.05) is 17.8 Å². The SMILES string of the molecule is C[C@@]12CCC[C@H]1[C@@H]1CCC3=CC(=O)CC(C(F)(F)C(F)(F)F)[C@]3(C)[C@H]1CC2. The normalized spacial score (nSPS) is 45.0. The van der Waals surface area contributed by atoms with Gasteiger partial charge in [-0.05, 0) is 67.8 Å². The summed E-state index contributed by atoms with van der Waals surface area (Å²) in [5.41, 5.74) is -0.513. The molecule has 0 aromatic rings. The van der Waals surface area contributed by atoms with Crippen LogP contribution in [-0.4, -0.2) is 17.9 Å². The number of hydrogen-bond acceptors (Lipinski definition) is 1. The highest BCUT2D eigenvalue weighted by Crippen LogP contribution is 2.68. The van der Waals surface area contributed by atoms with Crippen LogP contribution in [0.2, 0.25) is 0 Å². The Hall–Kier alpha value is -0.940. The monoisotopic (exact) mass is 390 g/mol. The minimum absolute atomic E-state index is 0.188. The van der Waals surface area contributed by atoms with Crippen molar-refractivity contribution in [2.45, 2.75) is 77.3 Å². The topological polar surface area (TPSA) is 17.1 Å². The number of hydrogen-bond donors (Lipinski definition) is 0. The van der Waals surface area contributed by atoms with Crippen LogP contribution in [0.15, 0.2) is 11.6 Å². The Balaban J connectivity index is 1.79. The number of carbonyl (C=O) groups is 1. The molecular weight excluding hydrogens is 363 g/mol. The number of fused-ring (bicyclic) bond motifs is 5. The van der Waals surface area contributed by atoms with E-state index in [0.29, 0.717) is 24.3 Å². The van der Waals surface area contributed by atoms with Crippen molar-refractivity contribution in [1.82, 2.24) is 0 Å². The van der Waals surface area contributed by atoms with E-state index in [1.807, 2.05) is 0 Å². The van der Waals surface area contributed by atoms with Gasteiger partial charge >= 0.3 is 12.1 Å². The van der Waals surface area contributed by atoms with Crippen LogP contribution in [0, 0.1) is 34.5 Å². The van der Waals surface area contributed by atoms with Gasteiger partial charge in [-0.15, -0.1) is 0 Å². The first-order valence-electron chi connectivity index (χ1n) is 10.1. The van der Waals surface area contributed by atoms with E-state index in [1.54, 1.807) is 6.92 Å². The lowest BCUT2D eigenvalue weighted by Crippen LogP contribution is -2.59. The van der Waals surface area contributed by atoms with E-state index in [2.05, 4.69) is 6.92 Å². The number of alkyl halides is 5. The Labute approximate surface area is 156 Å². The lowest BCUT2D eigenvalue weighted by Gasteiger charge is -2.60. The fraction of sp³-hybridized carbons (Fsp3) is 0.857. The number of carbonyl (C=O) groups excluding carboxylic acids is 1. The first kappa shape index (κ1) is 19.4. The molecule has 3 saturated carbocycles. The average molecular weight is 390 g/mol. The van der Waals surface area contributed by atoms with E-state index in [0.717, 1.165) is 32.1 Å². The van der Waals surface area contributed by atoms with Crippen LogP contribution >= 0.6 is 0 Å². The molecule has 152 valence electrons. The minimum Gasteiger partial charge on any atom is -0.295 e. The van der Waals surface area contributed by atoms with Crippen molar-refractivity contribution in [3.05, 3.63) is 11.6 Å². The Morgan fingerprint density at radius 3 is 2.37 bits per heavy atom. The highest BCUT2D eigenvalue weighted by molar-refractivity contribution is 5.92. The second-order valence-electron chi connectivity index (χ2n) is 9.80. The van der Waals surface area contributed by atoms with Crippen LogP contribution < -0.4 is 0 Å². The molecule has 0 bridgehead atoms. The summed E-state index contributed by atoms with van der Waals surface area (Å²) in [5, 5.41) is 0. The molecule has 0 aliphatic heterocycles. The third kappa shape index (κ3) is 2.57. The predicted octanol–water partition coefficient (Wildman–Crippen LogP) is 6.33. The first-order valence-corrected chi connectivity index (χ1v) is 10.1. The van der Waals surface area contributed by atoms with Gasteiger partial charge in [-0.1, -0.05) is 25.8 Å². The molecule has 1 nitrogen and oxygen atoms in total. The summed E-state index contributed by atoms with van der Waals surface area (Å²) < 4.78 is 69.1. The van der Waals surface area contributed by atoms with Crippen molar-refractivity contribution >= 4 is 5.78 Å². The molecule has 0 N–H and O–H groups in total. The van der Waals surface area contributed by atoms with E-state index in [4.69, 9.17) is 0 Å². The van der Waals surface area contributed by atoms with Gasteiger partial charge in [0.25, 0.3) is 0 Å². The number of allylic oxidation sites excluding steroid dienone is 1. The predicted molar refractivity (Wildman–Crippen MR) is 91.2 cm³/mol. The van der Waals surface area contributed by atoms with E-state index in [-0.39, 0.29) is 17.3 Å². The number of halogens is 5. The zero-order valence-electron chi connectivity index (χ0n) is 15.8. The maximum Gasteiger partial charge on any atom is 0.453 e. The molecule has 4 aliphatic carbocycles. The molecule has 1 unspecified atom stereocenters. The van der Waals surface area contributed by atoms with Crippen molar-refractivity contribution in [2.24, 2.45) is 34.5 Å². The molecule has 6 heteroatoms. The van der Waals surface area contributed by atoms with Gasteiger partial charge in [0.1, 0.15) is 0 Å². The molecule has 0 aromatic carbocycles.